The molecule has 4 aromatic carbocycles. The average molecular weight is 958 g/mol. The molecule has 2 aliphatic heterocycles. The van der Waals surface area contributed by atoms with Crippen molar-refractivity contribution in [1.29, 1.82) is 0 Å². The van der Waals surface area contributed by atoms with Gasteiger partial charge in [-0.3, -0.25) is 0 Å². The molecule has 0 amide bonds. The first kappa shape index (κ1) is 44.5. The predicted molar refractivity (Wildman–Crippen MR) is 309 cm³/mol. The van der Waals surface area contributed by atoms with Gasteiger partial charge in [0, 0.05) is 43.9 Å². The maximum atomic E-state index is 8.39. The first-order valence-electron chi connectivity index (χ1n) is 29.3. The largest absolute Gasteiger partial charge is 0.468 e. The summed E-state index contributed by atoms with van der Waals surface area (Å²) in [5, 5.41) is 1.16. The Morgan fingerprint density at radius 1 is 0.639 bits per heavy atom. The molecule has 3 nitrogen and oxygen atoms in total. The van der Waals surface area contributed by atoms with Crippen LogP contribution in [0, 0.1) is 35.5 Å². The topological polar surface area (TPSA) is 19.6 Å². The highest BCUT2D eigenvalue weighted by Gasteiger charge is 2.53. The summed E-state index contributed by atoms with van der Waals surface area (Å²) in [6.45, 7) is 36.5. The van der Waals surface area contributed by atoms with Crippen LogP contribution in [0.4, 0.5) is 28.4 Å². The second-order valence-corrected chi connectivity index (χ2v) is 28.9. The summed E-state index contributed by atoms with van der Waals surface area (Å²) >= 11 is 0. The van der Waals surface area contributed by atoms with E-state index >= 15 is 0 Å². The second-order valence-electron chi connectivity index (χ2n) is 28.9. The van der Waals surface area contributed by atoms with E-state index in [1.807, 2.05) is 12.2 Å². The number of allylic oxidation sites excluding steroid dienone is 7. The first-order chi connectivity index (χ1) is 34.8. The van der Waals surface area contributed by atoms with Gasteiger partial charge in [-0.25, -0.2) is 0 Å². The molecule has 0 spiro atoms. The van der Waals surface area contributed by atoms with E-state index in [0.717, 1.165) is 54.4 Å². The monoisotopic (exact) mass is 958 g/mol. The zero-order chi connectivity index (χ0) is 53.7. The van der Waals surface area contributed by atoms with Crippen LogP contribution in [0.3, 0.4) is 0 Å². The zero-order valence-corrected chi connectivity index (χ0v) is 46.7. The molecule has 0 N–H and O–H groups in total. The molecule has 5 aliphatic carbocycles. The van der Waals surface area contributed by atoms with Gasteiger partial charge in [-0.05, 0) is 201 Å². The first-order valence-corrected chi connectivity index (χ1v) is 27.8. The molecule has 0 saturated heterocycles. The van der Waals surface area contributed by atoms with Gasteiger partial charge < -0.3 is 14.2 Å². The summed E-state index contributed by atoms with van der Waals surface area (Å²) in [6, 6.07) is 24.6. The Kier molecular flexibility index (Phi) is 9.47. The SMILES string of the molecule is [2H]C([2H])([2H])C1=CCC(C2=CC3C(C=C2N2c4cc5c(cc4B4c6oc7ccc(C(C)(C)C)cc7c6N(c6ccc7c(c6)C(C)(C)CCC7(C)C)c6cc(C)cc2c64)C(C)(C)CCC5(C)C)C(C)(C)CCC3(C)C)C=C1. The van der Waals surface area contributed by atoms with Gasteiger partial charge in [-0.2, -0.15) is 0 Å². The molecule has 4 heteroatoms. The number of rotatable bonds is 3. The van der Waals surface area contributed by atoms with Crippen molar-refractivity contribution in [1.82, 2.24) is 0 Å². The predicted octanol–water partition coefficient (Wildman–Crippen LogP) is 16.9. The normalized spacial score (nSPS) is 26.3. The molecular weight excluding hydrogens is 872 g/mol. The fourth-order valence-corrected chi connectivity index (χ4v) is 14.9. The molecule has 5 aromatic rings. The van der Waals surface area contributed by atoms with E-state index in [4.69, 9.17) is 8.53 Å². The Hall–Kier alpha value is -4.96. The van der Waals surface area contributed by atoms with Gasteiger partial charge in [-0.1, -0.05) is 158 Å². The Bertz CT molecular complexity index is 3390. The molecule has 7 aliphatic rings. The Balaban J connectivity index is 1.19. The molecule has 1 saturated carbocycles. The van der Waals surface area contributed by atoms with Gasteiger partial charge in [-0.15, -0.1) is 0 Å². The average Bonchev–Trinajstić information content (AvgIpc) is 3.78. The van der Waals surface area contributed by atoms with E-state index in [2.05, 4.69) is 199 Å². The van der Waals surface area contributed by atoms with E-state index in [-0.39, 0.29) is 50.5 Å². The van der Waals surface area contributed by atoms with E-state index < -0.39 is 6.85 Å². The summed E-state index contributed by atoms with van der Waals surface area (Å²) in [4.78, 5) is 5.33. The summed E-state index contributed by atoms with van der Waals surface area (Å²) in [5.74, 6) is 0.643. The minimum atomic E-state index is -2.15. The van der Waals surface area contributed by atoms with Gasteiger partial charge in [0.1, 0.15) is 5.58 Å². The Morgan fingerprint density at radius 3 is 1.85 bits per heavy atom. The van der Waals surface area contributed by atoms with E-state index in [1.165, 1.54) is 84.7 Å². The lowest BCUT2D eigenvalue weighted by Gasteiger charge is -2.54. The van der Waals surface area contributed by atoms with Crippen LogP contribution in [0.15, 0.2) is 112 Å². The number of aryl methyl sites for hydroxylation is 1. The molecule has 3 unspecified atom stereocenters. The van der Waals surface area contributed by atoms with Crippen molar-refractivity contribution in [2.24, 2.45) is 28.6 Å². The van der Waals surface area contributed by atoms with Crippen molar-refractivity contribution in [2.45, 2.75) is 190 Å². The molecule has 3 heterocycles. The third-order valence-electron chi connectivity index (χ3n) is 20.1. The molecule has 12 rings (SSSR count). The van der Waals surface area contributed by atoms with Crippen molar-refractivity contribution in [3.05, 3.63) is 141 Å². The fourth-order valence-electron chi connectivity index (χ4n) is 14.9. The van der Waals surface area contributed by atoms with Crippen molar-refractivity contribution in [3.63, 3.8) is 0 Å². The summed E-state index contributed by atoms with van der Waals surface area (Å²) in [6.07, 6.45) is 19.0. The van der Waals surface area contributed by atoms with Crippen molar-refractivity contribution in [3.8, 4) is 0 Å². The van der Waals surface area contributed by atoms with Gasteiger partial charge >= 0.3 is 0 Å². The number of nitrogens with zero attached hydrogens (tertiary/aromatic N) is 2. The lowest BCUT2D eigenvalue weighted by Crippen LogP contribution is -2.62. The van der Waals surface area contributed by atoms with Crippen molar-refractivity contribution in [2.75, 3.05) is 9.80 Å². The minimum Gasteiger partial charge on any atom is -0.468 e. The van der Waals surface area contributed by atoms with Gasteiger partial charge in [0.2, 0.25) is 0 Å². The fraction of sp³-hybridized carbons (Fsp3) is 0.500. The third-order valence-corrected chi connectivity index (χ3v) is 20.1. The number of anilines is 5. The van der Waals surface area contributed by atoms with Crippen LogP contribution in [-0.2, 0) is 27.1 Å². The van der Waals surface area contributed by atoms with Gasteiger partial charge in [0.05, 0.1) is 11.3 Å². The lowest BCUT2D eigenvalue weighted by molar-refractivity contribution is 0.0317. The molecule has 0 radical (unpaired) electrons. The highest BCUT2D eigenvalue weighted by atomic mass is 16.3. The van der Waals surface area contributed by atoms with Crippen LogP contribution in [0.2, 0.25) is 0 Å². The molecular formula is C68H83BN2O. The number of furan rings is 1. The zero-order valence-electron chi connectivity index (χ0n) is 49.7. The van der Waals surface area contributed by atoms with Gasteiger partial charge in [0.15, 0.2) is 0 Å². The highest BCUT2D eigenvalue weighted by molar-refractivity contribution is 7.00. The number of benzene rings is 4. The van der Waals surface area contributed by atoms with Crippen LogP contribution in [0.1, 0.15) is 193 Å². The maximum Gasteiger partial charge on any atom is 0.297 e. The van der Waals surface area contributed by atoms with E-state index in [9.17, 15) is 0 Å². The lowest BCUT2D eigenvalue weighted by atomic mass is 9.35. The van der Waals surface area contributed by atoms with Gasteiger partial charge in [0.25, 0.3) is 6.71 Å². The van der Waals surface area contributed by atoms with Crippen molar-refractivity contribution >= 4 is 62.7 Å². The van der Waals surface area contributed by atoms with Crippen molar-refractivity contribution < 1.29 is 8.53 Å². The third kappa shape index (κ3) is 7.09. The molecule has 0 bridgehead atoms. The quantitative estimate of drug-likeness (QED) is 0.165. The highest BCUT2D eigenvalue weighted by Crippen LogP contribution is 2.59. The summed E-state index contributed by atoms with van der Waals surface area (Å²) in [7, 11) is 0. The Morgan fingerprint density at radius 2 is 1.24 bits per heavy atom. The summed E-state index contributed by atoms with van der Waals surface area (Å²) < 4.78 is 32.7. The Labute approximate surface area is 438 Å². The smallest absolute Gasteiger partial charge is 0.297 e. The summed E-state index contributed by atoms with van der Waals surface area (Å²) in [5.41, 5.74) is 22.0. The second kappa shape index (κ2) is 15.3. The van der Waals surface area contributed by atoms with Crippen LogP contribution < -0.4 is 26.4 Å². The number of fused-ring (bicyclic) bond motifs is 9. The molecule has 1 fully saturated rings. The standard InChI is InChI=1S/C68H83BN2O/c1-40-18-20-42(21-19-40)45-36-49-51(67(14,15)30-28-65(49,10)11)38-54(45)71-55-39-52-50(66(12,13)29-31-68(52,16)17)37-53(55)69-59-56(32-41(2)33-57(59)71)70(44-23-24-47-48(35-44)64(8,9)27-26-63(47,6)7)60-46-34-43(62(3,4)5)22-25-58(46)72-61(60)69/h18-20,22-25,32-39,42,49,51H,21,26-31H2,1-17H3/i1D3. The van der Waals surface area contributed by atoms with Crippen LogP contribution in [0.5, 0.6) is 0 Å². The minimum absolute atomic E-state index is 0.0116. The molecule has 374 valence electrons. The van der Waals surface area contributed by atoms with E-state index in [0.29, 0.717) is 23.8 Å². The van der Waals surface area contributed by atoms with Crippen LogP contribution in [0.25, 0.3) is 11.0 Å². The molecule has 1 aromatic heterocycles. The number of hydrogen-bond donors (Lipinski definition) is 0. The molecule has 3 atom stereocenters. The maximum absolute atomic E-state index is 8.39. The number of hydrogen-bond acceptors (Lipinski definition) is 3. The van der Waals surface area contributed by atoms with Crippen LogP contribution in [-0.4, -0.2) is 6.71 Å². The van der Waals surface area contributed by atoms with E-state index in [1.54, 1.807) is 0 Å². The van der Waals surface area contributed by atoms with Crippen LogP contribution >= 0.6 is 0 Å². The molecule has 72 heavy (non-hydrogen) atoms.